The van der Waals surface area contributed by atoms with E-state index in [0.717, 1.165) is 24.2 Å². The predicted octanol–water partition coefficient (Wildman–Crippen LogP) is 2.73. The molecular formula is C14H20N2O2. The topological polar surface area (TPSA) is 50.7 Å². The molecule has 0 atom stereocenters. The summed E-state index contributed by atoms with van der Waals surface area (Å²) in [7, 11) is 0. The molecule has 0 aliphatic rings. The highest BCUT2D eigenvalue weighted by Gasteiger charge is 1.97. The van der Waals surface area contributed by atoms with E-state index < -0.39 is 0 Å². The molecule has 18 heavy (non-hydrogen) atoms. The Morgan fingerprint density at radius 2 is 2.06 bits per heavy atom. The molecular weight excluding hydrogens is 228 g/mol. The third-order valence-corrected chi connectivity index (χ3v) is 2.35. The van der Waals surface area contributed by atoms with E-state index in [2.05, 4.69) is 17.5 Å². The molecule has 4 nitrogen and oxygen atoms in total. The fourth-order valence-electron chi connectivity index (χ4n) is 1.39. The molecule has 0 unspecified atom stereocenters. The molecule has 1 rings (SSSR count). The lowest BCUT2D eigenvalue weighted by Crippen LogP contribution is -2.16. The summed E-state index contributed by atoms with van der Waals surface area (Å²) in [5, 5.41) is 3.90. The fraction of sp³-hybridized carbons (Fsp3) is 0.429. The highest BCUT2D eigenvalue weighted by Crippen LogP contribution is 2.10. The molecule has 0 aliphatic carbocycles. The number of ether oxygens (including phenoxy) is 1. The van der Waals surface area contributed by atoms with Crippen LogP contribution in [0.3, 0.4) is 0 Å². The number of carbonyl (C=O) groups excluding carboxylic acids is 1. The van der Waals surface area contributed by atoms with Gasteiger partial charge in [0.2, 0.25) is 5.91 Å². The maximum absolute atomic E-state index is 11.3. The Labute approximate surface area is 108 Å². The maximum Gasteiger partial charge on any atom is 0.240 e. The number of rotatable bonds is 7. The van der Waals surface area contributed by atoms with Crippen LogP contribution in [0, 0.1) is 0 Å². The Balaban J connectivity index is 2.39. The first-order valence-electron chi connectivity index (χ1n) is 6.31. The van der Waals surface area contributed by atoms with Crippen molar-refractivity contribution in [3.8, 4) is 5.75 Å². The van der Waals surface area contributed by atoms with E-state index in [1.807, 2.05) is 31.2 Å². The quantitative estimate of drug-likeness (QED) is 0.596. The second-order valence-corrected chi connectivity index (χ2v) is 3.90. The smallest absolute Gasteiger partial charge is 0.240 e. The van der Waals surface area contributed by atoms with Crippen molar-refractivity contribution in [2.45, 2.75) is 33.1 Å². The normalized spacial score (nSPS) is 10.6. The maximum atomic E-state index is 11.3. The third-order valence-electron chi connectivity index (χ3n) is 2.35. The summed E-state index contributed by atoms with van der Waals surface area (Å²) >= 11 is 0. The lowest BCUT2D eigenvalue weighted by Gasteiger charge is -2.02. The Kier molecular flexibility index (Phi) is 6.54. The van der Waals surface area contributed by atoms with Gasteiger partial charge >= 0.3 is 0 Å². The average molecular weight is 248 g/mol. The molecule has 0 fully saturated rings. The molecule has 4 heteroatoms. The average Bonchev–Trinajstić information content (AvgIpc) is 2.39. The first kappa shape index (κ1) is 14.2. The molecule has 0 saturated heterocycles. The highest BCUT2D eigenvalue weighted by atomic mass is 16.5. The number of hydrogen-bond acceptors (Lipinski definition) is 3. The van der Waals surface area contributed by atoms with Crippen molar-refractivity contribution in [3.05, 3.63) is 29.8 Å². The van der Waals surface area contributed by atoms with E-state index in [4.69, 9.17) is 4.74 Å². The van der Waals surface area contributed by atoms with E-state index in [1.165, 1.54) is 0 Å². The number of carbonyl (C=O) groups is 1. The van der Waals surface area contributed by atoms with Crippen molar-refractivity contribution in [1.82, 2.24) is 5.43 Å². The Hall–Kier alpha value is -1.84. The van der Waals surface area contributed by atoms with Crippen LogP contribution in [0.1, 0.15) is 38.7 Å². The predicted molar refractivity (Wildman–Crippen MR) is 72.9 cm³/mol. The Morgan fingerprint density at radius 1 is 1.33 bits per heavy atom. The van der Waals surface area contributed by atoms with Crippen LogP contribution in [0.4, 0.5) is 0 Å². The molecule has 0 spiro atoms. The van der Waals surface area contributed by atoms with E-state index >= 15 is 0 Å². The summed E-state index contributed by atoms with van der Waals surface area (Å²) in [6.07, 6.45) is 4.05. The summed E-state index contributed by atoms with van der Waals surface area (Å²) in [4.78, 5) is 11.3. The van der Waals surface area contributed by atoms with E-state index in [-0.39, 0.29) is 5.91 Å². The van der Waals surface area contributed by atoms with Gasteiger partial charge in [-0.1, -0.05) is 13.3 Å². The summed E-state index contributed by atoms with van der Waals surface area (Å²) in [5.74, 6) is 0.792. The third kappa shape index (κ3) is 5.48. The summed E-state index contributed by atoms with van der Waals surface area (Å²) in [6, 6.07) is 7.55. The first-order valence-corrected chi connectivity index (χ1v) is 6.31. The first-order chi connectivity index (χ1) is 8.76. The van der Waals surface area contributed by atoms with Crippen LogP contribution < -0.4 is 10.2 Å². The van der Waals surface area contributed by atoms with Gasteiger partial charge in [0.1, 0.15) is 5.75 Å². The molecule has 1 aromatic carbocycles. The van der Waals surface area contributed by atoms with Gasteiger partial charge in [-0.25, -0.2) is 5.43 Å². The van der Waals surface area contributed by atoms with Crippen LogP contribution in [0.2, 0.25) is 0 Å². The second kappa shape index (κ2) is 8.28. The van der Waals surface area contributed by atoms with Crippen molar-refractivity contribution in [2.75, 3.05) is 6.61 Å². The lowest BCUT2D eigenvalue weighted by molar-refractivity contribution is -0.121. The number of benzene rings is 1. The number of unbranched alkanes of at least 4 members (excludes halogenated alkanes) is 1. The van der Waals surface area contributed by atoms with Gasteiger partial charge in [0.15, 0.2) is 0 Å². The van der Waals surface area contributed by atoms with Crippen molar-refractivity contribution in [3.63, 3.8) is 0 Å². The lowest BCUT2D eigenvalue weighted by atomic mass is 10.2. The molecule has 0 heterocycles. The van der Waals surface area contributed by atoms with Crippen LogP contribution >= 0.6 is 0 Å². The molecule has 0 aromatic heterocycles. The van der Waals surface area contributed by atoms with Crippen molar-refractivity contribution < 1.29 is 9.53 Å². The van der Waals surface area contributed by atoms with Crippen molar-refractivity contribution in [1.29, 1.82) is 0 Å². The van der Waals surface area contributed by atoms with Crippen LogP contribution in [0.5, 0.6) is 5.75 Å². The molecule has 1 aromatic rings. The number of hydrogen-bond donors (Lipinski definition) is 1. The van der Waals surface area contributed by atoms with Crippen LogP contribution in [-0.4, -0.2) is 18.7 Å². The van der Waals surface area contributed by atoms with Crippen LogP contribution in [0.15, 0.2) is 29.4 Å². The number of amides is 1. The zero-order valence-electron chi connectivity index (χ0n) is 11.0. The minimum Gasteiger partial charge on any atom is -0.494 e. The standard InChI is InChI=1S/C14H20N2O2/c1-3-5-6-14(17)16-15-11-12-7-9-13(10-8-12)18-4-2/h7-11H,3-6H2,1-2H3,(H,16,17)/b15-11+. The largest absolute Gasteiger partial charge is 0.494 e. The van der Waals surface area contributed by atoms with E-state index in [1.54, 1.807) is 6.21 Å². The van der Waals surface area contributed by atoms with Crippen LogP contribution in [0.25, 0.3) is 0 Å². The summed E-state index contributed by atoms with van der Waals surface area (Å²) in [6.45, 7) is 4.65. The molecule has 98 valence electrons. The SMILES string of the molecule is CCCCC(=O)N/N=C/c1ccc(OCC)cc1. The minimum absolute atomic E-state index is 0.0426. The summed E-state index contributed by atoms with van der Waals surface area (Å²) < 4.78 is 5.33. The fourth-order valence-corrected chi connectivity index (χ4v) is 1.39. The summed E-state index contributed by atoms with van der Waals surface area (Å²) in [5.41, 5.74) is 3.43. The van der Waals surface area contributed by atoms with Gasteiger partial charge in [-0.05, 0) is 43.2 Å². The minimum atomic E-state index is -0.0426. The van der Waals surface area contributed by atoms with Crippen LogP contribution in [-0.2, 0) is 4.79 Å². The molecule has 1 N–H and O–H groups in total. The number of hydrazone groups is 1. The van der Waals surface area contributed by atoms with E-state index in [9.17, 15) is 4.79 Å². The van der Waals surface area contributed by atoms with Gasteiger partial charge in [0.25, 0.3) is 0 Å². The van der Waals surface area contributed by atoms with E-state index in [0.29, 0.717) is 13.0 Å². The van der Waals surface area contributed by atoms with Crippen molar-refractivity contribution >= 4 is 12.1 Å². The zero-order chi connectivity index (χ0) is 13.2. The van der Waals surface area contributed by atoms with Crippen molar-refractivity contribution in [2.24, 2.45) is 5.10 Å². The monoisotopic (exact) mass is 248 g/mol. The van der Waals surface area contributed by atoms with Gasteiger partial charge in [0.05, 0.1) is 12.8 Å². The number of nitrogens with zero attached hydrogens (tertiary/aromatic N) is 1. The Morgan fingerprint density at radius 3 is 2.67 bits per heavy atom. The Bertz CT molecular complexity index is 385. The zero-order valence-corrected chi connectivity index (χ0v) is 11.0. The molecule has 1 amide bonds. The van der Waals surface area contributed by atoms with Gasteiger partial charge in [-0.15, -0.1) is 0 Å². The number of nitrogens with one attached hydrogen (secondary N) is 1. The second-order valence-electron chi connectivity index (χ2n) is 3.90. The molecule has 0 bridgehead atoms. The van der Waals surface area contributed by atoms with Gasteiger partial charge in [0, 0.05) is 6.42 Å². The molecule has 0 radical (unpaired) electrons. The van der Waals surface area contributed by atoms with Gasteiger partial charge < -0.3 is 4.74 Å². The molecule has 0 saturated carbocycles. The molecule has 0 aliphatic heterocycles. The van der Waals surface area contributed by atoms with Gasteiger partial charge in [-0.3, -0.25) is 4.79 Å². The van der Waals surface area contributed by atoms with Gasteiger partial charge in [-0.2, -0.15) is 5.10 Å². The highest BCUT2D eigenvalue weighted by molar-refractivity contribution is 5.82.